The number of hydrogen-bond acceptors (Lipinski definition) is 2. The predicted octanol–water partition coefficient (Wildman–Crippen LogP) is 1.78. The van der Waals surface area contributed by atoms with Crippen LogP contribution in [-0.2, 0) is 4.79 Å². The van der Waals surface area contributed by atoms with Crippen LogP contribution in [0.15, 0.2) is 22.7 Å². The molecular weight excluding hydrogens is 303 g/mol. The molecule has 0 aliphatic heterocycles. The molecule has 1 rings (SSSR count). The van der Waals surface area contributed by atoms with Gasteiger partial charge in [0.15, 0.2) is 0 Å². The Morgan fingerprint density at radius 2 is 2.12 bits per heavy atom. The third-order valence-corrected chi connectivity index (χ3v) is 2.68. The Balaban J connectivity index is 3.33. The lowest BCUT2D eigenvalue weighted by atomic mass is 9.92. The zero-order valence-corrected chi connectivity index (χ0v) is 10.0. The zero-order valence-electron chi connectivity index (χ0n) is 8.46. The molecule has 1 unspecified atom stereocenters. The quantitative estimate of drug-likeness (QED) is 0.890. The molecule has 0 saturated carbocycles. The van der Waals surface area contributed by atoms with Crippen LogP contribution in [0.1, 0.15) is 11.5 Å². The van der Waals surface area contributed by atoms with E-state index in [1.807, 2.05) is 0 Å². The van der Waals surface area contributed by atoms with Gasteiger partial charge in [0.25, 0.3) is 5.92 Å². The van der Waals surface area contributed by atoms with Gasteiger partial charge < -0.3 is 10.8 Å². The Morgan fingerprint density at radius 3 is 2.59 bits per heavy atom. The highest BCUT2D eigenvalue weighted by Gasteiger charge is 2.45. The van der Waals surface area contributed by atoms with Gasteiger partial charge >= 0.3 is 0 Å². The molecule has 1 aromatic carbocycles. The van der Waals surface area contributed by atoms with Gasteiger partial charge in [-0.25, -0.2) is 13.2 Å². The third kappa shape index (κ3) is 2.98. The van der Waals surface area contributed by atoms with Crippen LogP contribution in [0.3, 0.4) is 0 Å². The summed E-state index contributed by atoms with van der Waals surface area (Å²) in [5.41, 5.74) is 4.29. The summed E-state index contributed by atoms with van der Waals surface area (Å²) < 4.78 is 40.4. The van der Waals surface area contributed by atoms with Crippen molar-refractivity contribution in [1.82, 2.24) is 0 Å². The number of rotatable bonds is 4. The van der Waals surface area contributed by atoms with E-state index in [2.05, 4.69) is 15.9 Å². The lowest BCUT2D eigenvalue weighted by Gasteiger charge is -2.23. The summed E-state index contributed by atoms with van der Waals surface area (Å²) in [5, 5.41) is 8.54. The number of primary amides is 1. The van der Waals surface area contributed by atoms with Crippen LogP contribution in [0, 0.1) is 5.82 Å². The smallest absolute Gasteiger partial charge is 0.286 e. The third-order valence-electron chi connectivity index (χ3n) is 2.19. The van der Waals surface area contributed by atoms with Crippen molar-refractivity contribution in [2.45, 2.75) is 11.8 Å². The molecular formula is C10H9BrF3NO2. The second-order valence-electron chi connectivity index (χ2n) is 3.42. The predicted molar refractivity (Wildman–Crippen MR) is 58.1 cm³/mol. The monoisotopic (exact) mass is 311 g/mol. The minimum Gasteiger partial charge on any atom is -0.390 e. The lowest BCUT2D eigenvalue weighted by molar-refractivity contribution is -0.134. The minimum absolute atomic E-state index is 0.328. The van der Waals surface area contributed by atoms with Crippen LogP contribution >= 0.6 is 15.9 Å². The van der Waals surface area contributed by atoms with Crippen LogP contribution in [0.4, 0.5) is 13.2 Å². The number of carbonyl (C=O) groups excluding carboxylic acids is 1. The first-order valence-corrected chi connectivity index (χ1v) is 5.32. The number of aliphatic hydroxyl groups is 1. The fourth-order valence-electron chi connectivity index (χ4n) is 1.42. The average molecular weight is 312 g/mol. The molecule has 17 heavy (non-hydrogen) atoms. The molecule has 0 aliphatic carbocycles. The molecule has 94 valence electrons. The van der Waals surface area contributed by atoms with E-state index in [9.17, 15) is 18.0 Å². The fraction of sp³-hybridized carbons (Fsp3) is 0.300. The molecule has 3 N–H and O–H groups in total. The van der Waals surface area contributed by atoms with E-state index < -0.39 is 35.7 Å². The van der Waals surface area contributed by atoms with Crippen molar-refractivity contribution < 1.29 is 23.1 Å². The van der Waals surface area contributed by atoms with E-state index in [-0.39, 0.29) is 0 Å². The first-order chi connectivity index (χ1) is 7.79. The molecule has 0 aromatic heterocycles. The Hall–Kier alpha value is -1.08. The topological polar surface area (TPSA) is 63.3 Å². The molecule has 0 aliphatic rings. The van der Waals surface area contributed by atoms with Crippen molar-refractivity contribution >= 4 is 21.8 Å². The van der Waals surface area contributed by atoms with Crippen molar-refractivity contribution in [3.05, 3.63) is 34.1 Å². The Labute approximate surface area is 104 Å². The summed E-state index contributed by atoms with van der Waals surface area (Å²) in [5.74, 6) is -8.40. The molecule has 1 aromatic rings. The standard InChI is InChI=1S/C10H9BrF3NO2/c11-5-1-2-7(12)6(3-5)8(9(15)17)10(13,14)4-16/h1-3,8,16H,4H2,(H2,15,17). The largest absolute Gasteiger partial charge is 0.390 e. The number of carbonyl (C=O) groups is 1. The summed E-state index contributed by atoms with van der Waals surface area (Å²) in [6.45, 7) is -1.59. The first kappa shape index (κ1) is 14.0. The highest BCUT2D eigenvalue weighted by molar-refractivity contribution is 9.10. The maximum atomic E-state index is 13.4. The van der Waals surface area contributed by atoms with Crippen molar-refractivity contribution in [3.63, 3.8) is 0 Å². The van der Waals surface area contributed by atoms with Crippen molar-refractivity contribution in [2.24, 2.45) is 5.73 Å². The van der Waals surface area contributed by atoms with Gasteiger partial charge in [-0.1, -0.05) is 15.9 Å². The van der Waals surface area contributed by atoms with Crippen molar-refractivity contribution in [2.75, 3.05) is 6.61 Å². The first-order valence-electron chi connectivity index (χ1n) is 4.52. The van der Waals surface area contributed by atoms with Gasteiger partial charge in [0.2, 0.25) is 5.91 Å². The molecule has 0 fully saturated rings. The molecule has 0 spiro atoms. The molecule has 0 radical (unpaired) electrons. The number of amides is 1. The van der Waals surface area contributed by atoms with Crippen molar-refractivity contribution in [1.29, 1.82) is 0 Å². The SMILES string of the molecule is NC(=O)C(c1cc(Br)ccc1F)C(F)(F)CO. The molecule has 3 nitrogen and oxygen atoms in total. The number of hydrogen-bond donors (Lipinski definition) is 2. The molecule has 7 heteroatoms. The van der Waals surface area contributed by atoms with Gasteiger partial charge in [0, 0.05) is 10.0 Å². The van der Waals surface area contributed by atoms with Gasteiger partial charge in [-0.15, -0.1) is 0 Å². The van der Waals surface area contributed by atoms with E-state index in [1.165, 1.54) is 6.07 Å². The molecule has 1 atom stereocenters. The summed E-state index contributed by atoms with van der Waals surface area (Å²) in [7, 11) is 0. The van der Waals surface area contributed by atoms with Crippen LogP contribution in [-0.4, -0.2) is 23.5 Å². The number of alkyl halides is 2. The van der Waals surface area contributed by atoms with E-state index >= 15 is 0 Å². The maximum absolute atomic E-state index is 13.4. The molecule has 0 bridgehead atoms. The lowest BCUT2D eigenvalue weighted by Crippen LogP contribution is -2.39. The Morgan fingerprint density at radius 1 is 1.53 bits per heavy atom. The highest BCUT2D eigenvalue weighted by atomic mass is 79.9. The van der Waals surface area contributed by atoms with E-state index in [0.29, 0.717) is 4.47 Å². The van der Waals surface area contributed by atoms with Gasteiger partial charge in [-0.3, -0.25) is 4.79 Å². The Kier molecular flexibility index (Phi) is 4.16. The second kappa shape index (κ2) is 5.05. The highest BCUT2D eigenvalue weighted by Crippen LogP contribution is 2.35. The number of nitrogens with two attached hydrogens (primary N) is 1. The number of benzene rings is 1. The zero-order chi connectivity index (χ0) is 13.2. The molecule has 1 amide bonds. The molecule has 0 heterocycles. The van der Waals surface area contributed by atoms with Gasteiger partial charge in [0.05, 0.1) is 0 Å². The Bertz CT molecular complexity index is 440. The molecule has 0 saturated heterocycles. The van der Waals surface area contributed by atoms with Crippen LogP contribution < -0.4 is 5.73 Å². The van der Waals surface area contributed by atoms with Crippen LogP contribution in [0.2, 0.25) is 0 Å². The number of aliphatic hydroxyl groups excluding tert-OH is 1. The minimum atomic E-state index is -3.81. The van der Waals surface area contributed by atoms with Crippen LogP contribution in [0.5, 0.6) is 0 Å². The fourth-order valence-corrected chi connectivity index (χ4v) is 1.79. The summed E-state index contributed by atoms with van der Waals surface area (Å²) in [6.07, 6.45) is 0. The van der Waals surface area contributed by atoms with E-state index in [1.54, 1.807) is 0 Å². The van der Waals surface area contributed by atoms with Crippen LogP contribution in [0.25, 0.3) is 0 Å². The van der Waals surface area contributed by atoms with E-state index in [0.717, 1.165) is 12.1 Å². The summed E-state index contributed by atoms with van der Waals surface area (Å²) in [6, 6.07) is 3.27. The van der Waals surface area contributed by atoms with Gasteiger partial charge in [-0.05, 0) is 18.2 Å². The van der Waals surface area contributed by atoms with Gasteiger partial charge in [0.1, 0.15) is 18.3 Å². The average Bonchev–Trinajstić information content (AvgIpc) is 2.22. The summed E-state index contributed by atoms with van der Waals surface area (Å²) in [4.78, 5) is 11.0. The van der Waals surface area contributed by atoms with E-state index in [4.69, 9.17) is 10.8 Å². The van der Waals surface area contributed by atoms with Gasteiger partial charge in [-0.2, -0.15) is 0 Å². The normalized spacial score (nSPS) is 13.5. The maximum Gasteiger partial charge on any atom is 0.286 e. The van der Waals surface area contributed by atoms with Crippen molar-refractivity contribution in [3.8, 4) is 0 Å². The second-order valence-corrected chi connectivity index (χ2v) is 4.34. The number of halogens is 4. The summed E-state index contributed by atoms with van der Waals surface area (Å²) >= 11 is 2.98.